The van der Waals surface area contributed by atoms with E-state index in [1.54, 1.807) is 19.2 Å². The number of hydrazone groups is 1. The van der Waals surface area contributed by atoms with Gasteiger partial charge in [0.25, 0.3) is 0 Å². The van der Waals surface area contributed by atoms with Gasteiger partial charge in [0.15, 0.2) is 0 Å². The number of nitrogens with one attached hydrogen (secondary N) is 1. The van der Waals surface area contributed by atoms with E-state index in [9.17, 15) is 4.39 Å². The number of ether oxygens (including phenoxy) is 1. The van der Waals surface area contributed by atoms with Gasteiger partial charge in [0.2, 0.25) is 0 Å². The number of aromatic nitrogens is 2. The lowest BCUT2D eigenvalue weighted by Crippen LogP contribution is -2.10. The average molecular weight is 412 g/mol. The van der Waals surface area contributed by atoms with Gasteiger partial charge in [0, 0.05) is 23.7 Å². The summed E-state index contributed by atoms with van der Waals surface area (Å²) in [4.78, 5) is 0. The van der Waals surface area contributed by atoms with Crippen molar-refractivity contribution >= 4 is 5.71 Å². The highest BCUT2D eigenvalue weighted by Crippen LogP contribution is 2.33. The largest absolute Gasteiger partial charge is 0.497 e. The van der Waals surface area contributed by atoms with E-state index in [0.29, 0.717) is 0 Å². The summed E-state index contributed by atoms with van der Waals surface area (Å²) < 4.78 is 20.6. The Labute approximate surface area is 179 Å². The lowest BCUT2D eigenvalue weighted by Gasteiger charge is -2.10. The molecular weight excluding hydrogens is 391 g/mol. The maximum atomic E-state index is 13.5. The summed E-state index contributed by atoms with van der Waals surface area (Å²) in [5.74, 6) is 0.548. The molecule has 0 amide bonds. The summed E-state index contributed by atoms with van der Waals surface area (Å²) in [6.45, 7) is 0. The van der Waals surface area contributed by atoms with E-state index in [1.165, 1.54) is 12.1 Å². The Morgan fingerprint density at radius 2 is 1.65 bits per heavy atom. The van der Waals surface area contributed by atoms with Crippen LogP contribution < -0.4 is 10.2 Å². The van der Waals surface area contributed by atoms with Gasteiger partial charge in [-0.05, 0) is 66.2 Å². The Morgan fingerprint density at radius 1 is 0.935 bits per heavy atom. The predicted molar refractivity (Wildman–Crippen MR) is 119 cm³/mol. The van der Waals surface area contributed by atoms with Crippen LogP contribution in [0.25, 0.3) is 16.9 Å². The number of hydrogen-bond acceptors (Lipinski definition) is 4. The molecule has 1 aliphatic heterocycles. The molecule has 5 nitrogen and oxygen atoms in total. The van der Waals surface area contributed by atoms with E-state index in [-0.39, 0.29) is 11.9 Å². The molecule has 0 spiro atoms. The monoisotopic (exact) mass is 412 g/mol. The van der Waals surface area contributed by atoms with E-state index in [2.05, 4.69) is 10.5 Å². The molecule has 5 rings (SSSR count). The summed E-state index contributed by atoms with van der Waals surface area (Å²) >= 11 is 0. The van der Waals surface area contributed by atoms with Crippen LogP contribution in [0, 0.1) is 5.82 Å². The summed E-state index contributed by atoms with van der Waals surface area (Å²) in [7, 11) is 1.65. The highest BCUT2D eigenvalue weighted by atomic mass is 19.1. The van der Waals surface area contributed by atoms with Crippen molar-refractivity contribution in [3.8, 4) is 22.7 Å². The van der Waals surface area contributed by atoms with Crippen molar-refractivity contribution in [1.82, 2.24) is 15.2 Å². The first-order chi connectivity index (χ1) is 15.2. The Kier molecular flexibility index (Phi) is 4.96. The molecule has 1 aliphatic rings. The molecule has 0 bridgehead atoms. The zero-order valence-corrected chi connectivity index (χ0v) is 17.0. The zero-order chi connectivity index (χ0) is 21.2. The van der Waals surface area contributed by atoms with Crippen molar-refractivity contribution in [2.24, 2.45) is 5.10 Å². The minimum absolute atomic E-state index is 0.0328. The van der Waals surface area contributed by atoms with Gasteiger partial charge >= 0.3 is 0 Å². The molecule has 3 aromatic carbocycles. The molecule has 0 unspecified atom stereocenters. The summed E-state index contributed by atoms with van der Waals surface area (Å²) in [6, 6.07) is 24.2. The molecule has 1 atom stereocenters. The first kappa shape index (κ1) is 19.1. The van der Waals surface area contributed by atoms with Crippen molar-refractivity contribution in [3.63, 3.8) is 0 Å². The van der Waals surface area contributed by atoms with Crippen molar-refractivity contribution in [3.05, 3.63) is 102 Å². The summed E-state index contributed by atoms with van der Waals surface area (Å²) in [5, 5.41) is 9.41. The molecule has 0 saturated carbocycles. The van der Waals surface area contributed by atoms with Gasteiger partial charge in [0.1, 0.15) is 11.6 Å². The third kappa shape index (κ3) is 3.80. The highest BCUT2D eigenvalue weighted by molar-refractivity contribution is 6.02. The maximum absolute atomic E-state index is 13.5. The predicted octanol–water partition coefficient (Wildman–Crippen LogP) is 5.13. The minimum Gasteiger partial charge on any atom is -0.497 e. The molecule has 0 saturated heterocycles. The Morgan fingerprint density at radius 3 is 2.35 bits per heavy atom. The van der Waals surface area contributed by atoms with Crippen LogP contribution in [0.1, 0.15) is 23.6 Å². The number of hydrogen-bond donors (Lipinski definition) is 1. The van der Waals surface area contributed by atoms with Crippen molar-refractivity contribution in [2.75, 3.05) is 7.11 Å². The van der Waals surface area contributed by atoms with Gasteiger partial charge in [-0.3, -0.25) is 0 Å². The molecule has 6 heteroatoms. The summed E-state index contributed by atoms with van der Waals surface area (Å²) in [5.41, 5.74) is 8.95. The van der Waals surface area contributed by atoms with Gasteiger partial charge in [-0.2, -0.15) is 10.2 Å². The van der Waals surface area contributed by atoms with Crippen LogP contribution >= 0.6 is 0 Å². The molecule has 4 aromatic rings. The van der Waals surface area contributed by atoms with Crippen molar-refractivity contribution in [2.45, 2.75) is 12.5 Å². The van der Waals surface area contributed by atoms with Crippen molar-refractivity contribution in [1.29, 1.82) is 0 Å². The lowest BCUT2D eigenvalue weighted by molar-refractivity contribution is 0.415. The van der Waals surface area contributed by atoms with Crippen LogP contribution in [0.4, 0.5) is 4.39 Å². The molecule has 0 fully saturated rings. The van der Waals surface area contributed by atoms with Gasteiger partial charge < -0.3 is 10.2 Å². The number of rotatable bonds is 5. The molecule has 0 aliphatic carbocycles. The van der Waals surface area contributed by atoms with E-state index >= 15 is 0 Å². The molecule has 31 heavy (non-hydrogen) atoms. The quantitative estimate of drug-likeness (QED) is 0.495. The Hall–Kier alpha value is -3.93. The number of benzene rings is 3. The van der Waals surface area contributed by atoms with Gasteiger partial charge in [0.05, 0.1) is 30.2 Å². The molecule has 1 N–H and O–H groups in total. The van der Waals surface area contributed by atoms with Crippen LogP contribution in [-0.2, 0) is 0 Å². The molecule has 154 valence electrons. The fraction of sp³-hybridized carbons (Fsp3) is 0.120. The second kappa shape index (κ2) is 8.07. The van der Waals surface area contributed by atoms with Gasteiger partial charge in [-0.25, -0.2) is 9.07 Å². The Bertz CT molecular complexity index is 1210. The van der Waals surface area contributed by atoms with Crippen molar-refractivity contribution < 1.29 is 9.13 Å². The number of nitrogens with zero attached hydrogens (tertiary/aromatic N) is 3. The Balaban J connectivity index is 1.49. The first-order valence-electron chi connectivity index (χ1n) is 10.1. The van der Waals surface area contributed by atoms with Crippen LogP contribution in [0.15, 0.2) is 90.2 Å². The van der Waals surface area contributed by atoms with Crippen LogP contribution in [-0.4, -0.2) is 22.6 Å². The van der Waals surface area contributed by atoms with Gasteiger partial charge in [-0.15, -0.1) is 0 Å². The van der Waals surface area contributed by atoms with Crippen LogP contribution in [0.3, 0.4) is 0 Å². The normalized spacial score (nSPS) is 15.4. The smallest absolute Gasteiger partial charge is 0.123 e. The topological polar surface area (TPSA) is 51.4 Å². The molecular formula is C25H21FN4O. The number of halogens is 1. The van der Waals surface area contributed by atoms with E-state index < -0.39 is 0 Å². The van der Waals surface area contributed by atoms with Gasteiger partial charge in [-0.1, -0.05) is 18.2 Å². The number of para-hydroxylation sites is 1. The standard InChI is InChI=1S/C25H21FN4O/c1-31-21-13-9-17(10-14-21)23-15-24(28-27-23)22-16-30(20-5-3-2-4-6-20)29-25(22)18-7-11-19(26)12-8-18/h2-14,16,24,28H,15H2,1H3/t24-/m1/s1. The molecule has 2 heterocycles. The summed E-state index contributed by atoms with van der Waals surface area (Å²) in [6.07, 6.45) is 2.75. The second-order valence-electron chi connectivity index (χ2n) is 7.39. The minimum atomic E-state index is -0.267. The molecule has 1 aromatic heterocycles. The fourth-order valence-electron chi connectivity index (χ4n) is 3.77. The van der Waals surface area contributed by atoms with E-state index in [4.69, 9.17) is 9.84 Å². The third-order valence-corrected chi connectivity index (χ3v) is 5.43. The second-order valence-corrected chi connectivity index (χ2v) is 7.39. The first-order valence-corrected chi connectivity index (χ1v) is 10.1. The average Bonchev–Trinajstić information content (AvgIpc) is 3.48. The molecule has 0 radical (unpaired) electrons. The van der Waals surface area contributed by atoms with Crippen LogP contribution in [0.5, 0.6) is 5.75 Å². The lowest BCUT2D eigenvalue weighted by atomic mass is 9.97. The number of methoxy groups -OCH3 is 1. The highest BCUT2D eigenvalue weighted by Gasteiger charge is 2.26. The SMILES string of the molecule is COc1ccc(C2=NN[C@@H](c3cn(-c4ccccc4)nc3-c3ccc(F)cc3)C2)cc1. The zero-order valence-electron chi connectivity index (χ0n) is 17.0. The fourth-order valence-corrected chi connectivity index (χ4v) is 3.77. The third-order valence-electron chi connectivity index (χ3n) is 5.43. The van der Waals surface area contributed by atoms with E-state index in [1.807, 2.05) is 65.5 Å². The maximum Gasteiger partial charge on any atom is 0.123 e. The van der Waals surface area contributed by atoms with E-state index in [0.717, 1.165) is 46.0 Å². The van der Waals surface area contributed by atoms with Crippen LogP contribution in [0.2, 0.25) is 0 Å².